The molecule has 2 aromatic carbocycles. The molecule has 1 aromatic heterocycles. The molecule has 0 aliphatic carbocycles. The molecule has 0 radical (unpaired) electrons. The number of nitrogens with one attached hydrogen (secondary N) is 2. The number of ether oxygens (including phenoxy) is 1. The summed E-state index contributed by atoms with van der Waals surface area (Å²) in [6.07, 6.45) is 2.15. The van der Waals surface area contributed by atoms with Gasteiger partial charge in [-0.05, 0) is 55.4 Å². The van der Waals surface area contributed by atoms with Gasteiger partial charge in [-0.3, -0.25) is 4.79 Å². The lowest BCUT2D eigenvalue weighted by Gasteiger charge is -2.35. The highest BCUT2D eigenvalue weighted by Gasteiger charge is 2.16. The van der Waals surface area contributed by atoms with Crippen molar-refractivity contribution in [3.63, 3.8) is 0 Å². The average molecular weight is 475 g/mol. The van der Waals surface area contributed by atoms with Crippen LogP contribution in [0.25, 0.3) is 11.3 Å². The highest BCUT2D eigenvalue weighted by molar-refractivity contribution is 5.91. The quantitative estimate of drug-likeness (QED) is 0.478. The van der Waals surface area contributed by atoms with E-state index < -0.39 is 0 Å². The molecule has 1 aliphatic heterocycles. The molecule has 2 heterocycles. The van der Waals surface area contributed by atoms with E-state index in [2.05, 4.69) is 56.6 Å². The van der Waals surface area contributed by atoms with Crippen LogP contribution < -0.4 is 15.5 Å². The van der Waals surface area contributed by atoms with Gasteiger partial charge >= 0.3 is 0 Å². The zero-order valence-corrected chi connectivity index (χ0v) is 20.8. The van der Waals surface area contributed by atoms with Gasteiger partial charge in [0.05, 0.1) is 18.7 Å². The first-order valence-corrected chi connectivity index (χ1v) is 12.1. The molecule has 1 amide bonds. The van der Waals surface area contributed by atoms with E-state index in [1.807, 2.05) is 37.4 Å². The smallest absolute Gasteiger partial charge is 0.227 e. The molecule has 3 aromatic rings. The van der Waals surface area contributed by atoms with Gasteiger partial charge in [0.15, 0.2) is 0 Å². The van der Waals surface area contributed by atoms with E-state index in [1.165, 1.54) is 5.69 Å². The summed E-state index contributed by atoms with van der Waals surface area (Å²) < 4.78 is 4.95. The molecule has 0 saturated carbocycles. The van der Waals surface area contributed by atoms with Gasteiger partial charge in [-0.2, -0.15) is 0 Å². The Labute approximate surface area is 207 Å². The lowest BCUT2D eigenvalue weighted by molar-refractivity contribution is -0.117. The number of anilines is 4. The number of amides is 1. The van der Waals surface area contributed by atoms with Crippen molar-refractivity contribution in [2.45, 2.75) is 20.3 Å². The molecule has 4 rings (SSSR count). The number of benzene rings is 2. The standard InChI is InChI=1S/C27H34N6O2/c1-4-32-14-16-33(17-15-32)24-11-9-23(10-12-24)30-27-28-19-20(2)26(31-27)21-5-7-22(8-6-21)29-25(34)13-18-35-3/h5-12,19H,4,13-18H2,1-3H3,(H,29,34)(H,28,30,31). The molecule has 8 heteroatoms. The van der Waals surface area contributed by atoms with Crippen LogP contribution in [0.5, 0.6) is 0 Å². The average Bonchev–Trinajstić information content (AvgIpc) is 2.89. The lowest BCUT2D eigenvalue weighted by atomic mass is 10.1. The van der Waals surface area contributed by atoms with Crippen LogP contribution in [0.2, 0.25) is 0 Å². The molecule has 2 N–H and O–H groups in total. The summed E-state index contributed by atoms with van der Waals surface area (Å²) in [6, 6.07) is 16.1. The van der Waals surface area contributed by atoms with Gasteiger partial charge in [0, 0.05) is 62.1 Å². The van der Waals surface area contributed by atoms with Crippen LogP contribution in [0.15, 0.2) is 54.7 Å². The van der Waals surface area contributed by atoms with Gasteiger partial charge in [0.1, 0.15) is 0 Å². The Kier molecular flexibility index (Phi) is 8.28. The number of piperazine rings is 1. The number of aryl methyl sites for hydroxylation is 1. The maximum absolute atomic E-state index is 11.9. The third-order valence-corrected chi connectivity index (χ3v) is 6.26. The van der Waals surface area contributed by atoms with E-state index in [-0.39, 0.29) is 5.91 Å². The second kappa shape index (κ2) is 11.8. The third kappa shape index (κ3) is 6.55. The molecule has 1 saturated heterocycles. The molecule has 1 fully saturated rings. The largest absolute Gasteiger partial charge is 0.384 e. The Morgan fingerprint density at radius 1 is 1.00 bits per heavy atom. The molecule has 0 spiro atoms. The molecule has 184 valence electrons. The minimum atomic E-state index is -0.0708. The zero-order chi connectivity index (χ0) is 24.6. The molecule has 0 atom stereocenters. The van der Waals surface area contributed by atoms with E-state index in [0.717, 1.165) is 60.9 Å². The first kappa shape index (κ1) is 24.6. The number of hydrogen-bond acceptors (Lipinski definition) is 7. The van der Waals surface area contributed by atoms with Crippen molar-refractivity contribution < 1.29 is 9.53 Å². The Bertz CT molecular complexity index is 1110. The molecule has 1 aliphatic rings. The second-order valence-electron chi connectivity index (χ2n) is 8.69. The highest BCUT2D eigenvalue weighted by atomic mass is 16.5. The minimum absolute atomic E-state index is 0.0708. The predicted molar refractivity (Wildman–Crippen MR) is 141 cm³/mol. The van der Waals surface area contributed by atoms with Crippen LogP contribution in [0, 0.1) is 6.92 Å². The van der Waals surface area contributed by atoms with Crippen LogP contribution in [-0.2, 0) is 9.53 Å². The number of likely N-dealkylation sites (N-methyl/N-ethyl adjacent to an activating group) is 1. The Balaban J connectivity index is 1.41. The Hall–Kier alpha value is -3.49. The van der Waals surface area contributed by atoms with Crippen LogP contribution in [-0.4, -0.2) is 67.2 Å². The van der Waals surface area contributed by atoms with Crippen LogP contribution in [0.1, 0.15) is 18.9 Å². The zero-order valence-electron chi connectivity index (χ0n) is 20.8. The molecule has 0 unspecified atom stereocenters. The van der Waals surface area contributed by atoms with Crippen LogP contribution in [0.3, 0.4) is 0 Å². The second-order valence-corrected chi connectivity index (χ2v) is 8.69. The summed E-state index contributed by atoms with van der Waals surface area (Å²) >= 11 is 0. The van der Waals surface area contributed by atoms with E-state index in [1.54, 1.807) is 7.11 Å². The number of rotatable bonds is 9. The molecule has 35 heavy (non-hydrogen) atoms. The molecular weight excluding hydrogens is 440 g/mol. The van der Waals surface area contributed by atoms with Gasteiger partial charge in [0.2, 0.25) is 11.9 Å². The van der Waals surface area contributed by atoms with Gasteiger partial charge < -0.3 is 25.2 Å². The van der Waals surface area contributed by atoms with E-state index >= 15 is 0 Å². The predicted octanol–water partition coefficient (Wildman–Crippen LogP) is 4.31. The van der Waals surface area contributed by atoms with Crippen molar-refractivity contribution in [3.05, 3.63) is 60.3 Å². The maximum Gasteiger partial charge on any atom is 0.227 e. The highest BCUT2D eigenvalue weighted by Crippen LogP contribution is 2.26. The lowest BCUT2D eigenvalue weighted by Crippen LogP contribution is -2.46. The summed E-state index contributed by atoms with van der Waals surface area (Å²) in [7, 11) is 1.58. The summed E-state index contributed by atoms with van der Waals surface area (Å²) in [5.74, 6) is 0.477. The van der Waals surface area contributed by atoms with Crippen molar-refractivity contribution in [2.75, 3.05) is 62.0 Å². The number of carbonyl (C=O) groups is 1. The molecule has 0 bridgehead atoms. The van der Waals surface area contributed by atoms with E-state index in [0.29, 0.717) is 19.0 Å². The van der Waals surface area contributed by atoms with Gasteiger partial charge in [0.25, 0.3) is 0 Å². The first-order valence-electron chi connectivity index (χ1n) is 12.1. The fourth-order valence-electron chi connectivity index (χ4n) is 4.13. The monoisotopic (exact) mass is 474 g/mol. The number of hydrogen-bond donors (Lipinski definition) is 2. The van der Waals surface area contributed by atoms with Gasteiger partial charge in [-0.25, -0.2) is 9.97 Å². The van der Waals surface area contributed by atoms with Crippen LogP contribution >= 0.6 is 0 Å². The summed E-state index contributed by atoms with van der Waals surface area (Å²) in [4.78, 5) is 26.0. The van der Waals surface area contributed by atoms with Crippen molar-refractivity contribution in [2.24, 2.45) is 0 Å². The summed E-state index contributed by atoms with van der Waals surface area (Å²) in [5, 5.41) is 6.20. The van der Waals surface area contributed by atoms with Gasteiger partial charge in [-0.15, -0.1) is 0 Å². The molecular formula is C27H34N6O2. The number of nitrogens with zero attached hydrogens (tertiary/aromatic N) is 4. The van der Waals surface area contributed by atoms with Crippen LogP contribution in [0.4, 0.5) is 23.0 Å². The first-order chi connectivity index (χ1) is 17.1. The SMILES string of the molecule is CCN1CCN(c2ccc(Nc3ncc(C)c(-c4ccc(NC(=O)CCOC)cc4)n3)cc2)CC1. The minimum Gasteiger partial charge on any atom is -0.384 e. The number of aromatic nitrogens is 2. The number of carbonyl (C=O) groups excluding carboxylic acids is 1. The van der Waals surface area contributed by atoms with Crippen molar-refractivity contribution in [1.29, 1.82) is 0 Å². The summed E-state index contributed by atoms with van der Waals surface area (Å²) in [5.41, 5.74) is 5.73. The molecule has 8 nitrogen and oxygen atoms in total. The Morgan fingerprint density at radius 3 is 2.34 bits per heavy atom. The topological polar surface area (TPSA) is 82.6 Å². The fraction of sp³-hybridized carbons (Fsp3) is 0.370. The third-order valence-electron chi connectivity index (χ3n) is 6.26. The number of methoxy groups -OCH3 is 1. The van der Waals surface area contributed by atoms with E-state index in [4.69, 9.17) is 9.72 Å². The van der Waals surface area contributed by atoms with Gasteiger partial charge in [-0.1, -0.05) is 19.1 Å². The Morgan fingerprint density at radius 2 is 1.69 bits per heavy atom. The fourth-order valence-corrected chi connectivity index (χ4v) is 4.13. The van der Waals surface area contributed by atoms with Crippen molar-refractivity contribution in [3.8, 4) is 11.3 Å². The summed E-state index contributed by atoms with van der Waals surface area (Å²) in [6.45, 7) is 10.1. The maximum atomic E-state index is 11.9. The normalized spacial score (nSPS) is 14.1. The van der Waals surface area contributed by atoms with E-state index in [9.17, 15) is 4.79 Å². The van der Waals surface area contributed by atoms with Crippen molar-refractivity contribution in [1.82, 2.24) is 14.9 Å². The van der Waals surface area contributed by atoms with Crippen molar-refractivity contribution >= 4 is 28.9 Å².